The molecular weight excluding hydrogens is 235 g/mol. The molecule has 0 fully saturated rings. The Morgan fingerprint density at radius 2 is 2.19 bits per heavy atom. The number of phosphoric ester groups is 1. The minimum absolute atomic E-state index is 0.000988. The number of rotatable bonds is 0. The Morgan fingerprint density at radius 3 is 3.06 bits per heavy atom. The molecule has 0 saturated heterocycles. The van der Waals surface area contributed by atoms with Gasteiger partial charge >= 0.3 is 13.5 Å². The van der Waals surface area contributed by atoms with Crippen molar-refractivity contribution >= 4 is 18.7 Å². The Balaban J connectivity index is 2.39. The summed E-state index contributed by atoms with van der Waals surface area (Å²) < 4.78 is 27.8. The zero-order valence-corrected chi connectivity index (χ0v) is 8.51. The fourth-order valence-corrected chi connectivity index (χ4v) is 2.99. The monoisotopic (exact) mass is 238 g/mol. The summed E-state index contributed by atoms with van der Waals surface area (Å²) in [6.07, 6.45) is 0. The molecule has 0 saturated carbocycles. The van der Waals surface area contributed by atoms with E-state index in [4.69, 9.17) is 13.7 Å². The van der Waals surface area contributed by atoms with Gasteiger partial charge < -0.3 is 9.05 Å². The van der Waals surface area contributed by atoms with Gasteiger partial charge in [-0.3, -0.25) is 4.62 Å². The largest absolute Gasteiger partial charge is 0.668 e. The molecule has 1 aromatic heterocycles. The first-order valence-electron chi connectivity index (χ1n) is 4.41. The third kappa shape index (κ3) is 0.784. The van der Waals surface area contributed by atoms with E-state index >= 15 is 0 Å². The summed E-state index contributed by atoms with van der Waals surface area (Å²) >= 11 is 0. The van der Waals surface area contributed by atoms with Crippen molar-refractivity contribution in [1.82, 2.24) is 9.71 Å². The standard InChI is InChI=1S/C8H3N2O5P/c11-8-9-7-6-4-2-1-3-5(6)13-16(12,14-7)15-10(4)8/h1-3H. The zero-order valence-electron chi connectivity index (χ0n) is 7.61. The van der Waals surface area contributed by atoms with Crippen LogP contribution < -0.4 is 19.4 Å². The van der Waals surface area contributed by atoms with E-state index in [9.17, 15) is 9.36 Å². The second kappa shape index (κ2) is 2.22. The van der Waals surface area contributed by atoms with Gasteiger partial charge in [-0.1, -0.05) is 6.07 Å². The van der Waals surface area contributed by atoms with Crippen LogP contribution in [-0.2, 0) is 4.57 Å². The molecule has 1 atom stereocenters. The Labute approximate surface area is 87.8 Å². The first-order valence-corrected chi connectivity index (χ1v) is 5.87. The van der Waals surface area contributed by atoms with Gasteiger partial charge in [-0.15, -0.1) is 4.73 Å². The molecule has 2 aromatic rings. The van der Waals surface area contributed by atoms with Gasteiger partial charge in [0.1, 0.15) is 16.7 Å². The van der Waals surface area contributed by atoms with Crippen molar-refractivity contribution in [2.45, 2.75) is 0 Å². The van der Waals surface area contributed by atoms with E-state index in [0.29, 0.717) is 16.7 Å². The van der Waals surface area contributed by atoms with Gasteiger partial charge in [-0.05, 0) is 12.1 Å². The van der Waals surface area contributed by atoms with Crippen molar-refractivity contribution < 1.29 is 18.2 Å². The third-order valence-corrected chi connectivity index (χ3v) is 3.58. The number of benzene rings is 1. The maximum Gasteiger partial charge on any atom is 0.668 e. The SMILES string of the molecule is O=c1nc2c3c4cccc3n1OP(=O)(O4)O2. The molecule has 4 aliphatic rings. The predicted octanol–water partition coefficient (Wildman–Crippen LogP) is 0.718. The number of hydrogen-bond acceptors (Lipinski definition) is 6. The van der Waals surface area contributed by atoms with Gasteiger partial charge in [0.15, 0.2) is 0 Å². The molecular formula is C8H3N2O5P. The first-order chi connectivity index (χ1) is 7.66. The van der Waals surface area contributed by atoms with E-state index in [2.05, 4.69) is 4.98 Å². The van der Waals surface area contributed by atoms with Gasteiger partial charge in [0.25, 0.3) is 0 Å². The minimum atomic E-state index is -3.80. The highest BCUT2D eigenvalue weighted by Crippen LogP contribution is 2.56. The lowest BCUT2D eigenvalue weighted by atomic mass is 10.2. The van der Waals surface area contributed by atoms with Crippen molar-refractivity contribution in [2.24, 2.45) is 0 Å². The fraction of sp³-hybridized carbons (Fsp3) is 0. The molecule has 0 spiro atoms. The predicted molar refractivity (Wildman–Crippen MR) is 51.4 cm³/mol. The topological polar surface area (TPSA) is 79.7 Å². The van der Waals surface area contributed by atoms with Gasteiger partial charge in [0, 0.05) is 0 Å². The maximum atomic E-state index is 12.0. The number of hydrogen-bond donors (Lipinski definition) is 0. The van der Waals surface area contributed by atoms with Crippen molar-refractivity contribution in [3.8, 4) is 11.6 Å². The molecule has 0 N–H and O–H groups in total. The van der Waals surface area contributed by atoms with Crippen LogP contribution in [0.1, 0.15) is 0 Å². The minimum Gasteiger partial charge on any atom is -0.384 e. The number of nitrogens with zero attached hydrogens (tertiary/aromatic N) is 2. The molecule has 7 nitrogen and oxygen atoms in total. The lowest BCUT2D eigenvalue weighted by molar-refractivity contribution is 0.200. The van der Waals surface area contributed by atoms with Crippen LogP contribution in [0.15, 0.2) is 23.0 Å². The molecule has 80 valence electrons. The summed E-state index contributed by atoms with van der Waals surface area (Å²) in [7, 11) is -3.80. The number of aromatic nitrogens is 2. The van der Waals surface area contributed by atoms with Crippen molar-refractivity contribution in [2.75, 3.05) is 0 Å². The summed E-state index contributed by atoms with van der Waals surface area (Å²) in [5.41, 5.74) is -0.245. The Bertz CT molecular complexity index is 752. The number of phosphoric acid groups is 1. The second-order valence-corrected chi connectivity index (χ2v) is 4.78. The third-order valence-electron chi connectivity index (χ3n) is 2.40. The molecule has 5 heterocycles. The molecule has 6 bridgehead atoms. The van der Waals surface area contributed by atoms with Crippen molar-refractivity contribution in [1.29, 1.82) is 0 Å². The molecule has 8 heteroatoms. The zero-order chi connectivity index (χ0) is 10.9. The highest BCUT2D eigenvalue weighted by molar-refractivity contribution is 7.49. The molecule has 1 aromatic carbocycles. The van der Waals surface area contributed by atoms with Crippen LogP contribution in [0.3, 0.4) is 0 Å². The summed E-state index contributed by atoms with van der Waals surface area (Å²) in [6.45, 7) is 0. The lowest BCUT2D eigenvalue weighted by Gasteiger charge is -2.16. The molecule has 16 heavy (non-hydrogen) atoms. The van der Waals surface area contributed by atoms with E-state index in [0.717, 1.165) is 4.73 Å². The van der Waals surface area contributed by atoms with Crippen LogP contribution in [0.4, 0.5) is 0 Å². The lowest BCUT2D eigenvalue weighted by Crippen LogP contribution is -2.25. The van der Waals surface area contributed by atoms with Crippen LogP contribution in [0.2, 0.25) is 0 Å². The summed E-state index contributed by atoms with van der Waals surface area (Å²) in [5.74, 6) is 0.347. The Hall–Kier alpha value is -2.01. The van der Waals surface area contributed by atoms with Crippen LogP contribution in [0, 0.1) is 0 Å². The molecule has 1 unspecified atom stereocenters. The van der Waals surface area contributed by atoms with Gasteiger partial charge in [-0.2, -0.15) is 9.55 Å². The highest BCUT2D eigenvalue weighted by atomic mass is 31.2. The smallest absolute Gasteiger partial charge is 0.384 e. The summed E-state index contributed by atoms with van der Waals surface area (Å²) in [6, 6.07) is 4.92. The normalized spacial score (nSPS) is 24.0. The van der Waals surface area contributed by atoms with Gasteiger partial charge in [-0.25, -0.2) is 4.79 Å². The van der Waals surface area contributed by atoms with Crippen molar-refractivity contribution in [3.63, 3.8) is 0 Å². The molecule has 0 radical (unpaired) electrons. The van der Waals surface area contributed by atoms with E-state index in [1.54, 1.807) is 18.2 Å². The van der Waals surface area contributed by atoms with Crippen LogP contribution in [0.5, 0.6) is 11.6 Å². The first kappa shape index (κ1) is 8.18. The van der Waals surface area contributed by atoms with Crippen LogP contribution in [-0.4, -0.2) is 9.71 Å². The highest BCUT2D eigenvalue weighted by Gasteiger charge is 2.45. The van der Waals surface area contributed by atoms with E-state index in [-0.39, 0.29) is 5.88 Å². The Kier molecular flexibility index (Phi) is 1.14. The average molecular weight is 238 g/mol. The van der Waals surface area contributed by atoms with E-state index < -0.39 is 13.5 Å². The van der Waals surface area contributed by atoms with Crippen LogP contribution >= 0.6 is 7.82 Å². The number of fused-ring (bicyclic) bond motifs is 1. The van der Waals surface area contributed by atoms with Gasteiger partial charge in [0.05, 0.1) is 0 Å². The fourth-order valence-electron chi connectivity index (χ4n) is 1.79. The van der Waals surface area contributed by atoms with Crippen LogP contribution in [0.25, 0.3) is 10.9 Å². The molecule has 0 aliphatic carbocycles. The quantitative estimate of drug-likeness (QED) is 0.629. The van der Waals surface area contributed by atoms with E-state index in [1.165, 1.54) is 0 Å². The average Bonchev–Trinajstić information content (AvgIpc) is 2.43. The van der Waals surface area contributed by atoms with E-state index in [1.807, 2.05) is 0 Å². The second-order valence-electron chi connectivity index (χ2n) is 3.36. The van der Waals surface area contributed by atoms with Crippen molar-refractivity contribution in [3.05, 3.63) is 28.7 Å². The Morgan fingerprint density at radius 1 is 1.31 bits per heavy atom. The van der Waals surface area contributed by atoms with Gasteiger partial charge in [0.2, 0.25) is 5.88 Å². The molecule has 0 amide bonds. The maximum absolute atomic E-state index is 12.0. The molecule has 4 aliphatic heterocycles. The summed E-state index contributed by atoms with van der Waals surface area (Å²) in [4.78, 5) is 15.1. The molecule has 6 rings (SSSR count). The summed E-state index contributed by atoms with van der Waals surface area (Å²) in [5, 5.41) is 0.492.